The molecule has 2 heterocycles. The van der Waals surface area contributed by atoms with Gasteiger partial charge in [0.1, 0.15) is 16.2 Å². The highest BCUT2D eigenvalue weighted by Crippen LogP contribution is 2.22. The second kappa shape index (κ2) is 5.95. The van der Waals surface area contributed by atoms with Crippen LogP contribution in [0.25, 0.3) is 0 Å². The standard InChI is InChI=1S/C12H18BrN3O2/c1-8(2)12-14-10(13)5-11(15-12)16-3-4-18-9(6-16)7-17/h5,8-9,17H,3-4,6-7H2,1-2H3. The SMILES string of the molecule is CC(C)c1nc(Br)cc(N2CCOC(CO)C2)n1. The first-order valence-electron chi connectivity index (χ1n) is 6.12. The summed E-state index contributed by atoms with van der Waals surface area (Å²) in [6.07, 6.45) is -0.130. The zero-order chi connectivity index (χ0) is 13.1. The molecule has 18 heavy (non-hydrogen) atoms. The summed E-state index contributed by atoms with van der Waals surface area (Å²) in [6, 6.07) is 1.91. The van der Waals surface area contributed by atoms with E-state index in [9.17, 15) is 0 Å². The molecular formula is C12H18BrN3O2. The number of morpholine rings is 1. The van der Waals surface area contributed by atoms with Crippen molar-refractivity contribution >= 4 is 21.7 Å². The molecule has 100 valence electrons. The van der Waals surface area contributed by atoms with Crippen LogP contribution in [-0.4, -0.2) is 47.5 Å². The van der Waals surface area contributed by atoms with Crippen molar-refractivity contribution in [3.05, 3.63) is 16.5 Å². The molecule has 5 nitrogen and oxygen atoms in total. The van der Waals surface area contributed by atoms with Crippen molar-refractivity contribution in [3.8, 4) is 0 Å². The van der Waals surface area contributed by atoms with Crippen molar-refractivity contribution in [3.63, 3.8) is 0 Å². The van der Waals surface area contributed by atoms with Crippen LogP contribution in [0.15, 0.2) is 10.7 Å². The Balaban J connectivity index is 2.21. The third-order valence-corrected chi connectivity index (χ3v) is 3.29. The largest absolute Gasteiger partial charge is 0.394 e. The number of hydrogen-bond donors (Lipinski definition) is 1. The lowest BCUT2D eigenvalue weighted by Crippen LogP contribution is -2.44. The van der Waals surface area contributed by atoms with E-state index >= 15 is 0 Å². The Morgan fingerprint density at radius 1 is 1.56 bits per heavy atom. The molecule has 0 spiro atoms. The van der Waals surface area contributed by atoms with Gasteiger partial charge in [0.25, 0.3) is 0 Å². The van der Waals surface area contributed by atoms with E-state index < -0.39 is 0 Å². The summed E-state index contributed by atoms with van der Waals surface area (Å²) in [5.41, 5.74) is 0. The van der Waals surface area contributed by atoms with Gasteiger partial charge in [-0.3, -0.25) is 0 Å². The monoisotopic (exact) mass is 315 g/mol. The summed E-state index contributed by atoms with van der Waals surface area (Å²) in [5, 5.41) is 9.16. The number of halogens is 1. The third-order valence-electron chi connectivity index (χ3n) is 2.88. The Morgan fingerprint density at radius 3 is 3.00 bits per heavy atom. The van der Waals surface area contributed by atoms with Crippen molar-refractivity contribution < 1.29 is 9.84 Å². The lowest BCUT2D eigenvalue weighted by Gasteiger charge is -2.33. The van der Waals surface area contributed by atoms with Gasteiger partial charge in [0, 0.05) is 25.1 Å². The Hall–Kier alpha value is -0.720. The summed E-state index contributed by atoms with van der Waals surface area (Å²) in [5.74, 6) is 2.00. The molecule has 1 aliphatic rings. The first kappa shape index (κ1) is 13.7. The molecule has 1 aromatic heterocycles. The van der Waals surface area contributed by atoms with Gasteiger partial charge in [-0.1, -0.05) is 13.8 Å². The Bertz CT molecular complexity index is 414. The molecule has 0 saturated carbocycles. The van der Waals surface area contributed by atoms with Gasteiger partial charge in [0.2, 0.25) is 0 Å². The number of anilines is 1. The second-order valence-electron chi connectivity index (χ2n) is 4.68. The van der Waals surface area contributed by atoms with Crippen molar-refractivity contribution in [2.24, 2.45) is 0 Å². The first-order chi connectivity index (χ1) is 8.60. The maximum atomic E-state index is 9.16. The molecule has 0 bridgehead atoms. The van der Waals surface area contributed by atoms with E-state index in [2.05, 4.69) is 44.6 Å². The van der Waals surface area contributed by atoms with Crippen LogP contribution >= 0.6 is 15.9 Å². The predicted molar refractivity (Wildman–Crippen MR) is 72.9 cm³/mol. The normalized spacial score (nSPS) is 20.5. The van der Waals surface area contributed by atoms with Crippen molar-refractivity contribution in [1.29, 1.82) is 0 Å². The molecule has 1 N–H and O–H groups in total. The zero-order valence-corrected chi connectivity index (χ0v) is 12.2. The fourth-order valence-corrected chi connectivity index (χ4v) is 2.27. The van der Waals surface area contributed by atoms with Gasteiger partial charge in [-0.25, -0.2) is 9.97 Å². The van der Waals surface area contributed by atoms with E-state index in [0.29, 0.717) is 13.2 Å². The van der Waals surface area contributed by atoms with E-state index in [4.69, 9.17) is 9.84 Å². The number of aliphatic hydroxyl groups excluding tert-OH is 1. The Kier molecular flexibility index (Phi) is 4.53. The first-order valence-corrected chi connectivity index (χ1v) is 6.91. The molecule has 1 fully saturated rings. The van der Waals surface area contributed by atoms with Gasteiger partial charge in [0.05, 0.1) is 19.3 Å². The summed E-state index contributed by atoms with van der Waals surface area (Å²) >= 11 is 3.42. The zero-order valence-electron chi connectivity index (χ0n) is 10.6. The Morgan fingerprint density at radius 2 is 2.33 bits per heavy atom. The van der Waals surface area contributed by atoms with Crippen LogP contribution in [-0.2, 0) is 4.74 Å². The number of ether oxygens (including phenoxy) is 1. The highest BCUT2D eigenvalue weighted by molar-refractivity contribution is 9.10. The van der Waals surface area contributed by atoms with Crippen molar-refractivity contribution in [2.75, 3.05) is 31.2 Å². The van der Waals surface area contributed by atoms with Crippen LogP contribution in [0, 0.1) is 0 Å². The lowest BCUT2D eigenvalue weighted by molar-refractivity contribution is 0.00334. The number of rotatable bonds is 3. The smallest absolute Gasteiger partial charge is 0.134 e. The van der Waals surface area contributed by atoms with Crippen LogP contribution in [0.4, 0.5) is 5.82 Å². The molecule has 2 rings (SSSR count). The van der Waals surface area contributed by atoms with Crippen molar-refractivity contribution in [2.45, 2.75) is 25.9 Å². The number of hydrogen-bond acceptors (Lipinski definition) is 5. The summed E-state index contributed by atoms with van der Waals surface area (Å²) in [7, 11) is 0. The highest BCUT2D eigenvalue weighted by Gasteiger charge is 2.21. The van der Waals surface area contributed by atoms with Gasteiger partial charge in [-0.15, -0.1) is 0 Å². The van der Waals surface area contributed by atoms with Crippen LogP contribution in [0.1, 0.15) is 25.6 Å². The average molecular weight is 316 g/mol. The fourth-order valence-electron chi connectivity index (χ4n) is 1.88. The van der Waals surface area contributed by atoms with Gasteiger partial charge in [-0.05, 0) is 15.9 Å². The molecule has 0 aromatic carbocycles. The molecule has 1 atom stereocenters. The van der Waals surface area contributed by atoms with E-state index in [0.717, 1.165) is 22.8 Å². The van der Waals surface area contributed by atoms with Crippen LogP contribution < -0.4 is 4.90 Å². The quantitative estimate of drug-likeness (QED) is 0.858. The van der Waals surface area contributed by atoms with Gasteiger partial charge in [0.15, 0.2) is 0 Å². The Labute approximate surface area is 115 Å². The van der Waals surface area contributed by atoms with E-state index in [1.165, 1.54) is 0 Å². The number of aromatic nitrogens is 2. The molecular weight excluding hydrogens is 298 g/mol. The minimum Gasteiger partial charge on any atom is -0.394 e. The predicted octanol–water partition coefficient (Wildman–Crippen LogP) is 1.56. The molecule has 1 unspecified atom stereocenters. The van der Waals surface area contributed by atoms with Gasteiger partial charge < -0.3 is 14.7 Å². The van der Waals surface area contributed by atoms with Crippen LogP contribution in [0.3, 0.4) is 0 Å². The highest BCUT2D eigenvalue weighted by atomic mass is 79.9. The van der Waals surface area contributed by atoms with Gasteiger partial charge in [-0.2, -0.15) is 0 Å². The molecule has 0 aliphatic carbocycles. The van der Waals surface area contributed by atoms with Crippen LogP contribution in [0.2, 0.25) is 0 Å². The number of nitrogens with zero attached hydrogens (tertiary/aromatic N) is 3. The van der Waals surface area contributed by atoms with Crippen LogP contribution in [0.5, 0.6) is 0 Å². The molecule has 1 aromatic rings. The average Bonchev–Trinajstić information content (AvgIpc) is 2.38. The molecule has 6 heteroatoms. The second-order valence-corrected chi connectivity index (χ2v) is 5.50. The third kappa shape index (κ3) is 3.18. The summed E-state index contributed by atoms with van der Waals surface area (Å²) in [4.78, 5) is 11.1. The summed E-state index contributed by atoms with van der Waals surface area (Å²) in [6.45, 7) is 6.25. The van der Waals surface area contributed by atoms with Crippen molar-refractivity contribution in [1.82, 2.24) is 9.97 Å². The number of aliphatic hydroxyl groups is 1. The minimum absolute atomic E-state index is 0.0415. The van der Waals surface area contributed by atoms with Gasteiger partial charge >= 0.3 is 0 Å². The lowest BCUT2D eigenvalue weighted by atomic mass is 10.2. The molecule has 0 radical (unpaired) electrons. The van der Waals surface area contributed by atoms with E-state index in [1.807, 2.05) is 6.07 Å². The minimum atomic E-state index is -0.130. The molecule has 0 amide bonds. The topological polar surface area (TPSA) is 58.5 Å². The molecule has 1 aliphatic heterocycles. The van der Waals surface area contributed by atoms with E-state index in [1.54, 1.807) is 0 Å². The molecule has 1 saturated heterocycles. The summed E-state index contributed by atoms with van der Waals surface area (Å²) < 4.78 is 6.23. The van der Waals surface area contributed by atoms with E-state index in [-0.39, 0.29) is 18.6 Å². The fraction of sp³-hybridized carbons (Fsp3) is 0.667. The maximum absolute atomic E-state index is 9.16. The maximum Gasteiger partial charge on any atom is 0.134 e.